The Morgan fingerprint density at radius 1 is 1.29 bits per heavy atom. The van der Waals surface area contributed by atoms with E-state index in [0.717, 1.165) is 75.2 Å². The minimum absolute atomic E-state index is 0.555. The van der Waals surface area contributed by atoms with Crippen LogP contribution in [0.1, 0.15) is 38.4 Å². The summed E-state index contributed by atoms with van der Waals surface area (Å²) in [6.07, 6.45) is 4.91. The van der Waals surface area contributed by atoms with Crippen LogP contribution in [0.5, 0.6) is 0 Å². The van der Waals surface area contributed by atoms with Crippen molar-refractivity contribution >= 4 is 22.6 Å². The molecule has 0 amide bonds. The molecule has 8 heteroatoms. The summed E-state index contributed by atoms with van der Waals surface area (Å²) in [5.41, 5.74) is -0.555. The van der Waals surface area contributed by atoms with E-state index in [1.54, 1.807) is 0 Å². The molecule has 0 radical (unpaired) electrons. The average molecular weight is 353 g/mol. The van der Waals surface area contributed by atoms with E-state index in [-0.39, 0.29) is 0 Å². The number of nitrogens with zero attached hydrogens (tertiary/aromatic N) is 5. The summed E-state index contributed by atoms with van der Waals surface area (Å²) < 4.78 is 4.37. The van der Waals surface area contributed by atoms with E-state index in [0.29, 0.717) is 6.54 Å². The van der Waals surface area contributed by atoms with Crippen LogP contribution in [-0.4, -0.2) is 70.7 Å². The number of aryl methyl sites for hydroxylation is 1. The molecule has 1 aromatic heterocycles. The predicted molar refractivity (Wildman–Crippen MR) is 97.9 cm³/mol. The average Bonchev–Trinajstić information content (AvgIpc) is 3.25. The monoisotopic (exact) mass is 352 g/mol. The van der Waals surface area contributed by atoms with Crippen LogP contribution in [0.3, 0.4) is 0 Å². The molecular weight excluding hydrogens is 324 g/mol. The highest BCUT2D eigenvalue weighted by Gasteiger charge is 2.32. The number of rotatable bonds is 4. The molecule has 0 aromatic carbocycles. The molecule has 3 rings (SSSR count). The molecule has 1 aliphatic carbocycles. The summed E-state index contributed by atoms with van der Waals surface area (Å²) >= 11 is 1.49. The van der Waals surface area contributed by atoms with Crippen LogP contribution in [0.15, 0.2) is 4.99 Å². The Hall–Kier alpha value is -1.41. The van der Waals surface area contributed by atoms with Gasteiger partial charge in [0.25, 0.3) is 0 Å². The van der Waals surface area contributed by atoms with Crippen LogP contribution in [-0.2, 0) is 6.42 Å². The lowest BCUT2D eigenvalue weighted by Gasteiger charge is -2.37. The molecule has 134 valence electrons. The van der Waals surface area contributed by atoms with Crippen LogP contribution < -0.4 is 10.2 Å². The van der Waals surface area contributed by atoms with Crippen molar-refractivity contribution in [3.05, 3.63) is 5.82 Å². The van der Waals surface area contributed by atoms with E-state index in [1.807, 2.05) is 7.05 Å². The van der Waals surface area contributed by atoms with Gasteiger partial charge in [0.2, 0.25) is 5.13 Å². The Bertz CT molecular complexity index is 561. The van der Waals surface area contributed by atoms with E-state index in [4.69, 9.17) is 0 Å². The van der Waals surface area contributed by atoms with E-state index in [9.17, 15) is 5.11 Å². The van der Waals surface area contributed by atoms with Gasteiger partial charge in [-0.25, -0.2) is 4.98 Å². The summed E-state index contributed by atoms with van der Waals surface area (Å²) in [4.78, 5) is 13.5. The largest absolute Gasteiger partial charge is 0.388 e. The molecule has 2 fully saturated rings. The number of nitrogens with one attached hydrogen (secondary N) is 1. The molecule has 2 N–H and O–H groups in total. The normalized spacial score (nSPS) is 21.4. The number of guanidine groups is 1. The lowest BCUT2D eigenvalue weighted by atomic mass is 10.0. The quantitative estimate of drug-likeness (QED) is 0.624. The van der Waals surface area contributed by atoms with Crippen molar-refractivity contribution < 1.29 is 5.11 Å². The fraction of sp³-hybridized carbons (Fsp3) is 0.812. The first-order valence-electron chi connectivity index (χ1n) is 8.89. The molecule has 0 unspecified atom stereocenters. The molecule has 2 heterocycles. The zero-order valence-electron chi connectivity index (χ0n) is 14.7. The fourth-order valence-electron chi connectivity index (χ4n) is 3.41. The van der Waals surface area contributed by atoms with Crippen molar-refractivity contribution in [1.82, 2.24) is 19.6 Å². The Morgan fingerprint density at radius 2 is 2.00 bits per heavy atom. The number of aliphatic imine (C=N–C) groups is 1. The van der Waals surface area contributed by atoms with Crippen molar-refractivity contribution in [3.8, 4) is 0 Å². The maximum absolute atomic E-state index is 10.5. The number of aliphatic hydroxyl groups is 1. The Balaban J connectivity index is 1.50. The molecular formula is C16H28N6OS. The summed E-state index contributed by atoms with van der Waals surface area (Å²) in [5.74, 6) is 1.82. The minimum atomic E-state index is -0.555. The van der Waals surface area contributed by atoms with E-state index < -0.39 is 5.60 Å². The van der Waals surface area contributed by atoms with E-state index >= 15 is 0 Å². The number of hydrogen-bond donors (Lipinski definition) is 2. The third-order valence-corrected chi connectivity index (χ3v) is 5.76. The van der Waals surface area contributed by atoms with Gasteiger partial charge < -0.3 is 20.2 Å². The van der Waals surface area contributed by atoms with Crippen LogP contribution in [0, 0.1) is 0 Å². The number of piperazine rings is 1. The van der Waals surface area contributed by atoms with Crippen molar-refractivity contribution in [3.63, 3.8) is 0 Å². The Morgan fingerprint density at radius 3 is 2.58 bits per heavy atom. The van der Waals surface area contributed by atoms with Crippen molar-refractivity contribution in [2.75, 3.05) is 44.7 Å². The highest BCUT2D eigenvalue weighted by atomic mass is 32.1. The van der Waals surface area contributed by atoms with Crippen molar-refractivity contribution in [1.29, 1.82) is 0 Å². The van der Waals surface area contributed by atoms with Gasteiger partial charge in [0.1, 0.15) is 5.82 Å². The molecule has 1 saturated carbocycles. The zero-order valence-corrected chi connectivity index (χ0v) is 15.5. The first-order valence-corrected chi connectivity index (χ1v) is 9.66. The maximum Gasteiger partial charge on any atom is 0.205 e. The SMILES string of the molecule is CCc1nsc(N2CCN(C(=NC)NCC3(O)CCCC3)CC2)n1. The number of hydrogen-bond acceptors (Lipinski definition) is 6. The van der Waals surface area contributed by atoms with Crippen LogP contribution in [0.25, 0.3) is 0 Å². The van der Waals surface area contributed by atoms with Crippen LogP contribution >= 0.6 is 11.5 Å². The van der Waals surface area contributed by atoms with Gasteiger partial charge in [0.15, 0.2) is 5.96 Å². The van der Waals surface area contributed by atoms with Crippen molar-refractivity contribution in [2.24, 2.45) is 4.99 Å². The Labute approximate surface area is 148 Å². The topological polar surface area (TPSA) is 76.9 Å². The lowest BCUT2D eigenvalue weighted by molar-refractivity contribution is 0.0515. The summed E-state index contributed by atoms with van der Waals surface area (Å²) in [6, 6.07) is 0. The number of anilines is 1. The smallest absolute Gasteiger partial charge is 0.205 e. The number of aromatic nitrogens is 2. The third-order valence-electron chi connectivity index (χ3n) is 4.94. The summed E-state index contributed by atoms with van der Waals surface area (Å²) in [5, 5.41) is 14.9. The van der Waals surface area contributed by atoms with Gasteiger partial charge in [-0.1, -0.05) is 19.8 Å². The van der Waals surface area contributed by atoms with Crippen molar-refractivity contribution in [2.45, 2.75) is 44.6 Å². The highest BCUT2D eigenvalue weighted by molar-refractivity contribution is 7.09. The molecule has 7 nitrogen and oxygen atoms in total. The lowest BCUT2D eigenvalue weighted by Crippen LogP contribution is -2.54. The maximum atomic E-state index is 10.5. The van der Waals surface area contributed by atoms with Gasteiger partial charge in [0, 0.05) is 57.7 Å². The van der Waals surface area contributed by atoms with Gasteiger partial charge >= 0.3 is 0 Å². The fourth-order valence-corrected chi connectivity index (χ4v) is 4.21. The van der Waals surface area contributed by atoms with Crippen LogP contribution in [0.2, 0.25) is 0 Å². The van der Waals surface area contributed by atoms with E-state index in [1.165, 1.54) is 11.5 Å². The van der Waals surface area contributed by atoms with Gasteiger partial charge in [-0.2, -0.15) is 4.37 Å². The summed E-state index contributed by atoms with van der Waals surface area (Å²) in [6.45, 7) is 6.32. The van der Waals surface area contributed by atoms with E-state index in [2.05, 4.69) is 36.4 Å². The molecule has 24 heavy (non-hydrogen) atoms. The first kappa shape index (κ1) is 17.4. The molecule has 1 saturated heterocycles. The predicted octanol–water partition coefficient (Wildman–Crippen LogP) is 1.10. The molecule has 1 aliphatic heterocycles. The second-order valence-corrected chi connectivity index (χ2v) is 7.38. The van der Waals surface area contributed by atoms with Gasteiger partial charge in [-0.3, -0.25) is 4.99 Å². The summed E-state index contributed by atoms with van der Waals surface area (Å²) in [7, 11) is 1.81. The van der Waals surface area contributed by atoms with Gasteiger partial charge in [-0.05, 0) is 12.8 Å². The molecule has 2 aliphatic rings. The second kappa shape index (κ2) is 7.65. The van der Waals surface area contributed by atoms with Gasteiger partial charge in [0.05, 0.1) is 5.60 Å². The minimum Gasteiger partial charge on any atom is -0.388 e. The molecule has 0 atom stereocenters. The molecule has 1 aromatic rings. The van der Waals surface area contributed by atoms with Crippen LogP contribution in [0.4, 0.5) is 5.13 Å². The van der Waals surface area contributed by atoms with Gasteiger partial charge in [-0.15, -0.1) is 0 Å². The standard InChI is InChI=1S/C16H28N6OS/c1-3-13-19-15(24-20-13)22-10-8-21(9-11-22)14(17-2)18-12-16(23)6-4-5-7-16/h23H,3-12H2,1-2H3,(H,17,18). The molecule has 0 bridgehead atoms. The first-order chi connectivity index (χ1) is 11.6. The Kier molecular flexibility index (Phi) is 5.55. The molecule has 0 spiro atoms. The highest BCUT2D eigenvalue weighted by Crippen LogP contribution is 2.28. The third kappa shape index (κ3) is 3.97. The zero-order chi connectivity index (χ0) is 17.0. The second-order valence-electron chi connectivity index (χ2n) is 6.65.